The van der Waals surface area contributed by atoms with Crippen molar-refractivity contribution in [1.29, 1.82) is 0 Å². The summed E-state index contributed by atoms with van der Waals surface area (Å²) in [4.78, 5) is 43.8. The molecule has 260 valence electrons. The highest BCUT2D eigenvalue weighted by molar-refractivity contribution is 9.10. The van der Waals surface area contributed by atoms with Crippen LogP contribution in [0.2, 0.25) is 25.7 Å². The van der Waals surface area contributed by atoms with Crippen LogP contribution >= 0.6 is 15.9 Å². The maximum Gasteiger partial charge on any atom is 0.419 e. The fourth-order valence-corrected chi connectivity index (χ4v) is 6.56. The topological polar surface area (TPSA) is 114 Å². The minimum absolute atomic E-state index is 0.0430. The van der Waals surface area contributed by atoms with E-state index in [0.29, 0.717) is 60.0 Å². The Morgan fingerprint density at radius 2 is 1.83 bits per heavy atom. The molecule has 12 heteroatoms. The van der Waals surface area contributed by atoms with Crippen molar-refractivity contribution in [1.82, 2.24) is 19.4 Å². The second kappa shape index (κ2) is 16.9. The van der Waals surface area contributed by atoms with Gasteiger partial charge in [0.2, 0.25) is 5.91 Å². The minimum atomic E-state index is -1.25. The van der Waals surface area contributed by atoms with Crippen molar-refractivity contribution >= 4 is 52.7 Å². The van der Waals surface area contributed by atoms with Gasteiger partial charge in [-0.3, -0.25) is 9.59 Å². The molecule has 1 atom stereocenters. The molecular formula is C35H53BrN4O6Si. The molecule has 0 saturated carbocycles. The lowest BCUT2D eigenvalue weighted by molar-refractivity contribution is -0.121. The van der Waals surface area contributed by atoms with Gasteiger partial charge < -0.3 is 24.1 Å². The number of ketones is 1. The number of Topliss-reactive ketones (excluding diaryl/α,β-unsaturated/α-hetero) is 1. The van der Waals surface area contributed by atoms with Crippen LogP contribution in [-0.2, 0) is 32.2 Å². The molecule has 0 spiro atoms. The first-order chi connectivity index (χ1) is 22.0. The number of ether oxygens (including phenoxy) is 3. The molecule has 10 nitrogen and oxygen atoms in total. The Hall–Kier alpha value is -2.96. The Kier molecular flexibility index (Phi) is 13.9. The summed E-state index contributed by atoms with van der Waals surface area (Å²) in [5, 5.41) is 3.99. The summed E-state index contributed by atoms with van der Waals surface area (Å²) in [6.45, 7) is 17.1. The molecule has 3 rings (SSSR count). The van der Waals surface area contributed by atoms with E-state index in [9.17, 15) is 14.4 Å². The minimum Gasteiger partial charge on any atom is -0.497 e. The van der Waals surface area contributed by atoms with Gasteiger partial charge in [0, 0.05) is 44.8 Å². The van der Waals surface area contributed by atoms with Crippen LogP contribution in [0, 0.1) is 6.92 Å². The highest BCUT2D eigenvalue weighted by Crippen LogP contribution is 2.31. The largest absolute Gasteiger partial charge is 0.497 e. The van der Waals surface area contributed by atoms with Gasteiger partial charge in [0.15, 0.2) is 0 Å². The quantitative estimate of drug-likeness (QED) is 0.110. The average molecular weight is 734 g/mol. The van der Waals surface area contributed by atoms with Gasteiger partial charge in [-0.2, -0.15) is 0 Å². The second-order valence-electron chi connectivity index (χ2n) is 14.3. The maximum atomic E-state index is 13.9. The van der Waals surface area contributed by atoms with Crippen LogP contribution in [0.15, 0.2) is 29.0 Å². The summed E-state index contributed by atoms with van der Waals surface area (Å²) in [6.07, 6.45) is 5.70. The molecule has 0 unspecified atom stereocenters. The van der Waals surface area contributed by atoms with Crippen LogP contribution < -0.4 is 10.1 Å². The van der Waals surface area contributed by atoms with E-state index in [-0.39, 0.29) is 24.2 Å². The monoisotopic (exact) mass is 732 g/mol. The Labute approximate surface area is 289 Å². The standard InChI is InChI=1S/C35H53BrN4O6Si/c1-10-25(41)14-12-11-13-15-29(33-38-31(36)22-39(33)23-45-18-19-47(7,8)9)37-32(42)21-27-24(2)40(34(43)46-35(3,4)5)30-17-16-26(44-6)20-28(27)30/h16-17,20,22,29H,10-15,18-19,21,23H2,1-9H3,(H,37,42)/t29-/m0/s1. The normalized spacial score (nSPS) is 12.7. The lowest BCUT2D eigenvalue weighted by Gasteiger charge is -2.21. The summed E-state index contributed by atoms with van der Waals surface area (Å²) in [7, 11) is 0.339. The predicted molar refractivity (Wildman–Crippen MR) is 192 cm³/mol. The zero-order valence-electron chi connectivity index (χ0n) is 29.6. The van der Waals surface area contributed by atoms with E-state index in [1.54, 1.807) is 13.2 Å². The number of amides is 1. The Balaban J connectivity index is 1.89. The zero-order valence-corrected chi connectivity index (χ0v) is 32.2. The van der Waals surface area contributed by atoms with Crippen LogP contribution in [0.5, 0.6) is 5.75 Å². The lowest BCUT2D eigenvalue weighted by atomic mass is 10.0. The van der Waals surface area contributed by atoms with E-state index in [4.69, 9.17) is 19.2 Å². The zero-order chi connectivity index (χ0) is 34.9. The fourth-order valence-electron chi connectivity index (χ4n) is 5.37. The third-order valence-corrected chi connectivity index (χ3v) is 10.0. The molecule has 0 bridgehead atoms. The van der Waals surface area contributed by atoms with E-state index in [1.165, 1.54) is 4.57 Å². The van der Waals surface area contributed by atoms with E-state index in [1.807, 2.05) is 57.5 Å². The predicted octanol–water partition coefficient (Wildman–Crippen LogP) is 8.34. The van der Waals surface area contributed by atoms with Crippen LogP contribution in [0.3, 0.4) is 0 Å². The molecule has 1 amide bonds. The molecule has 0 saturated heterocycles. The van der Waals surface area contributed by atoms with Crippen LogP contribution in [0.1, 0.15) is 89.3 Å². The molecule has 0 aliphatic carbocycles. The smallest absolute Gasteiger partial charge is 0.419 e. The molecule has 0 radical (unpaired) electrons. The molecule has 1 aromatic carbocycles. The first kappa shape index (κ1) is 38.5. The Bertz CT molecular complexity index is 1540. The highest BCUT2D eigenvalue weighted by Gasteiger charge is 2.27. The van der Waals surface area contributed by atoms with Crippen molar-refractivity contribution in [3.63, 3.8) is 0 Å². The van der Waals surface area contributed by atoms with Crippen molar-refractivity contribution < 1.29 is 28.6 Å². The van der Waals surface area contributed by atoms with Gasteiger partial charge in [-0.1, -0.05) is 39.4 Å². The van der Waals surface area contributed by atoms with Gasteiger partial charge in [-0.15, -0.1) is 0 Å². The van der Waals surface area contributed by atoms with Gasteiger partial charge in [0.25, 0.3) is 0 Å². The molecule has 3 aromatic rings. The number of rotatable bonds is 17. The van der Waals surface area contributed by atoms with E-state index < -0.39 is 19.8 Å². The number of carbonyl (C=O) groups excluding carboxylic acids is 3. The molecule has 47 heavy (non-hydrogen) atoms. The van der Waals surface area contributed by atoms with Crippen molar-refractivity contribution in [2.45, 2.75) is 124 Å². The van der Waals surface area contributed by atoms with Gasteiger partial charge in [-0.25, -0.2) is 14.3 Å². The van der Waals surface area contributed by atoms with Crippen molar-refractivity contribution in [2.75, 3.05) is 13.7 Å². The number of carbonyl (C=O) groups is 3. The molecule has 0 aliphatic rings. The molecular weight excluding hydrogens is 680 g/mol. The number of imidazole rings is 1. The fraction of sp³-hybridized carbons (Fsp3) is 0.600. The van der Waals surface area contributed by atoms with E-state index in [2.05, 4.69) is 40.9 Å². The summed E-state index contributed by atoms with van der Waals surface area (Å²) >= 11 is 3.53. The Morgan fingerprint density at radius 3 is 2.47 bits per heavy atom. The van der Waals surface area contributed by atoms with Gasteiger partial charge >= 0.3 is 6.09 Å². The van der Waals surface area contributed by atoms with Gasteiger partial charge in [0.1, 0.15) is 34.3 Å². The average Bonchev–Trinajstić information content (AvgIpc) is 3.48. The number of aromatic nitrogens is 3. The number of unbranched alkanes of at least 4 members (excludes halogenated alkanes) is 2. The number of hydrogen-bond donors (Lipinski definition) is 1. The molecule has 2 aromatic heterocycles. The highest BCUT2D eigenvalue weighted by atomic mass is 79.9. The molecule has 0 fully saturated rings. The summed E-state index contributed by atoms with van der Waals surface area (Å²) in [5.74, 6) is 1.40. The second-order valence-corrected chi connectivity index (χ2v) is 20.7. The van der Waals surface area contributed by atoms with Crippen molar-refractivity contribution in [2.24, 2.45) is 0 Å². The summed E-state index contributed by atoms with van der Waals surface area (Å²) in [6, 6.07) is 6.12. The number of fused-ring (bicyclic) bond motifs is 1. The first-order valence-corrected chi connectivity index (χ1v) is 21.1. The number of benzene rings is 1. The van der Waals surface area contributed by atoms with Crippen LogP contribution in [-0.4, -0.2) is 59.3 Å². The number of hydrogen-bond acceptors (Lipinski definition) is 7. The molecule has 2 heterocycles. The van der Waals surface area contributed by atoms with Crippen LogP contribution in [0.4, 0.5) is 4.79 Å². The van der Waals surface area contributed by atoms with Gasteiger partial charge in [0.05, 0.1) is 25.1 Å². The lowest BCUT2D eigenvalue weighted by Crippen LogP contribution is -2.32. The molecule has 0 aliphatic heterocycles. The van der Waals surface area contributed by atoms with Crippen LogP contribution in [0.25, 0.3) is 10.9 Å². The van der Waals surface area contributed by atoms with Gasteiger partial charge in [-0.05, 0) is 86.3 Å². The number of methoxy groups -OCH3 is 1. The third-order valence-electron chi connectivity index (χ3n) is 7.95. The van der Waals surface area contributed by atoms with E-state index >= 15 is 0 Å². The van der Waals surface area contributed by atoms with E-state index in [0.717, 1.165) is 36.3 Å². The molecule has 1 N–H and O–H groups in total. The Morgan fingerprint density at radius 1 is 1.11 bits per heavy atom. The number of nitrogens with zero attached hydrogens (tertiary/aromatic N) is 3. The first-order valence-electron chi connectivity index (χ1n) is 16.6. The van der Waals surface area contributed by atoms with Crippen molar-refractivity contribution in [3.8, 4) is 5.75 Å². The maximum absolute atomic E-state index is 13.9. The number of nitrogens with one attached hydrogen (secondary N) is 1. The summed E-state index contributed by atoms with van der Waals surface area (Å²) < 4.78 is 21.4. The summed E-state index contributed by atoms with van der Waals surface area (Å²) in [5.41, 5.74) is 1.32. The van der Waals surface area contributed by atoms with Crippen molar-refractivity contribution in [3.05, 3.63) is 46.1 Å². The third kappa shape index (κ3) is 11.6. The SMILES string of the molecule is CCC(=O)CCCCC[C@H](NC(=O)Cc1c(C)n(C(=O)OC(C)(C)C)c2ccc(OC)cc12)c1nc(Br)cn1COCC[Si](C)(C)C. The number of halogens is 1.